The zero-order valence-electron chi connectivity index (χ0n) is 9.91. The molecule has 0 unspecified atom stereocenters. The molecule has 2 rings (SSSR count). The lowest BCUT2D eigenvalue weighted by Gasteiger charge is -2.09. The highest BCUT2D eigenvalue weighted by atomic mass is 19.1. The van der Waals surface area contributed by atoms with E-state index in [4.69, 9.17) is 4.42 Å². The maximum absolute atomic E-state index is 13.1. The number of hydrogen-bond donors (Lipinski definition) is 0. The first-order valence-electron chi connectivity index (χ1n) is 5.46. The van der Waals surface area contributed by atoms with Gasteiger partial charge in [-0.25, -0.2) is 9.97 Å². The van der Waals surface area contributed by atoms with Crippen LogP contribution in [0.5, 0.6) is 0 Å². The maximum atomic E-state index is 13.1. The van der Waals surface area contributed by atoms with Crippen LogP contribution in [0.3, 0.4) is 0 Å². The van der Waals surface area contributed by atoms with Crippen LogP contribution in [0.15, 0.2) is 10.5 Å². The zero-order chi connectivity index (χ0) is 11.9. The molecule has 0 aliphatic carbocycles. The Bertz CT molecular complexity index is 517. The lowest BCUT2D eigenvalue weighted by Crippen LogP contribution is -2.03. The quantitative estimate of drug-likeness (QED) is 0.779. The van der Waals surface area contributed by atoms with E-state index in [9.17, 15) is 4.39 Å². The molecule has 0 atom stereocenters. The first-order chi connectivity index (χ1) is 7.49. The van der Waals surface area contributed by atoms with Gasteiger partial charge in [-0.1, -0.05) is 27.7 Å². The lowest BCUT2D eigenvalue weighted by molar-refractivity contribution is 0.378. The fraction of sp³-hybridized carbons (Fsp3) is 0.500. The Kier molecular flexibility index (Phi) is 2.66. The summed E-state index contributed by atoms with van der Waals surface area (Å²) in [4.78, 5) is 8.74. The first kappa shape index (κ1) is 11.0. The minimum absolute atomic E-state index is 0.188. The molecular formula is C12H15FN2O. The number of aromatic nitrogens is 2. The van der Waals surface area contributed by atoms with Crippen LogP contribution >= 0.6 is 0 Å². The van der Waals surface area contributed by atoms with Crippen LogP contribution in [0.2, 0.25) is 0 Å². The zero-order valence-corrected chi connectivity index (χ0v) is 9.91. The van der Waals surface area contributed by atoms with Crippen molar-refractivity contribution < 1.29 is 8.81 Å². The number of furan rings is 1. The second-order valence-electron chi connectivity index (χ2n) is 4.54. The van der Waals surface area contributed by atoms with Gasteiger partial charge in [-0.05, 0) is 5.92 Å². The lowest BCUT2D eigenvalue weighted by atomic mass is 10.1. The predicted molar refractivity (Wildman–Crippen MR) is 59.9 cm³/mol. The van der Waals surface area contributed by atoms with E-state index < -0.39 is 6.01 Å². The molecule has 0 spiro atoms. The van der Waals surface area contributed by atoms with Gasteiger partial charge in [0.15, 0.2) is 5.58 Å². The Morgan fingerprint density at radius 3 is 2.38 bits per heavy atom. The molecule has 3 nitrogen and oxygen atoms in total. The Hall–Kier alpha value is -1.45. The summed E-state index contributed by atoms with van der Waals surface area (Å²) in [5, 5.41) is 0. The summed E-state index contributed by atoms with van der Waals surface area (Å²) < 4.78 is 18.1. The highest BCUT2D eigenvalue weighted by Gasteiger charge is 2.17. The molecule has 0 radical (unpaired) electrons. The van der Waals surface area contributed by atoms with Gasteiger partial charge in [-0.3, -0.25) is 0 Å². The summed E-state index contributed by atoms with van der Waals surface area (Å²) in [7, 11) is 0. The SMILES string of the molecule is CC(C)c1nc(C(C)C)c2oc(F)cc2n1. The summed E-state index contributed by atoms with van der Waals surface area (Å²) >= 11 is 0. The number of halogens is 1. The Labute approximate surface area is 93.7 Å². The van der Waals surface area contributed by atoms with Gasteiger partial charge in [-0.15, -0.1) is 0 Å². The van der Waals surface area contributed by atoms with Crippen LogP contribution in [-0.4, -0.2) is 9.97 Å². The molecule has 4 heteroatoms. The standard InChI is InChI=1S/C12H15FN2O/c1-6(2)10-11-8(5-9(13)16-11)14-12(15-10)7(3)4/h5-7H,1-4H3. The molecule has 2 heterocycles. The van der Waals surface area contributed by atoms with Crippen molar-refractivity contribution in [2.75, 3.05) is 0 Å². The second kappa shape index (κ2) is 3.85. The van der Waals surface area contributed by atoms with Gasteiger partial charge >= 0.3 is 0 Å². The van der Waals surface area contributed by atoms with E-state index in [1.807, 2.05) is 27.7 Å². The highest BCUT2D eigenvalue weighted by molar-refractivity contribution is 5.75. The van der Waals surface area contributed by atoms with E-state index in [2.05, 4.69) is 9.97 Å². The van der Waals surface area contributed by atoms with Gasteiger partial charge in [0.2, 0.25) is 0 Å². The molecule has 2 aromatic heterocycles. The Morgan fingerprint density at radius 2 is 1.81 bits per heavy atom. The molecule has 0 N–H and O–H groups in total. The number of rotatable bonds is 2. The van der Waals surface area contributed by atoms with E-state index in [0.717, 1.165) is 11.5 Å². The van der Waals surface area contributed by atoms with Gasteiger partial charge < -0.3 is 4.42 Å². The van der Waals surface area contributed by atoms with Gasteiger partial charge in [-0.2, -0.15) is 4.39 Å². The van der Waals surface area contributed by atoms with Crippen LogP contribution in [0.25, 0.3) is 11.1 Å². The molecule has 0 bridgehead atoms. The molecule has 0 fully saturated rings. The fourth-order valence-corrected chi connectivity index (χ4v) is 1.59. The van der Waals surface area contributed by atoms with E-state index in [-0.39, 0.29) is 11.8 Å². The third-order valence-electron chi connectivity index (χ3n) is 2.45. The average molecular weight is 222 g/mol. The van der Waals surface area contributed by atoms with Crippen LogP contribution in [-0.2, 0) is 0 Å². The number of fused-ring (bicyclic) bond motifs is 1. The molecule has 0 aromatic carbocycles. The predicted octanol–water partition coefficient (Wildman–Crippen LogP) is 3.61. The summed E-state index contributed by atoms with van der Waals surface area (Å²) in [6.45, 7) is 8.04. The molecule has 2 aromatic rings. The van der Waals surface area contributed by atoms with Gasteiger partial charge in [0.1, 0.15) is 11.3 Å². The van der Waals surface area contributed by atoms with Crippen molar-refractivity contribution in [3.8, 4) is 0 Å². The topological polar surface area (TPSA) is 38.9 Å². The van der Waals surface area contributed by atoms with Crippen LogP contribution in [0.4, 0.5) is 4.39 Å². The molecular weight excluding hydrogens is 207 g/mol. The van der Waals surface area contributed by atoms with Crippen molar-refractivity contribution in [1.29, 1.82) is 0 Å². The fourth-order valence-electron chi connectivity index (χ4n) is 1.59. The van der Waals surface area contributed by atoms with E-state index >= 15 is 0 Å². The minimum atomic E-state index is -0.605. The van der Waals surface area contributed by atoms with E-state index in [1.54, 1.807) is 0 Å². The largest absolute Gasteiger partial charge is 0.427 e. The molecule has 16 heavy (non-hydrogen) atoms. The monoisotopic (exact) mass is 222 g/mol. The second-order valence-corrected chi connectivity index (χ2v) is 4.54. The van der Waals surface area contributed by atoms with Crippen molar-refractivity contribution in [3.05, 3.63) is 23.6 Å². The molecule has 0 aliphatic heterocycles. The van der Waals surface area contributed by atoms with Crippen molar-refractivity contribution in [2.45, 2.75) is 39.5 Å². The number of nitrogens with zero attached hydrogens (tertiary/aromatic N) is 2. The third-order valence-corrected chi connectivity index (χ3v) is 2.45. The van der Waals surface area contributed by atoms with Crippen molar-refractivity contribution in [2.24, 2.45) is 0 Å². The average Bonchev–Trinajstić information content (AvgIpc) is 2.55. The number of hydrogen-bond acceptors (Lipinski definition) is 3. The first-order valence-corrected chi connectivity index (χ1v) is 5.46. The van der Waals surface area contributed by atoms with Crippen LogP contribution in [0, 0.1) is 6.01 Å². The summed E-state index contributed by atoms with van der Waals surface area (Å²) in [6.07, 6.45) is 0. The summed E-state index contributed by atoms with van der Waals surface area (Å²) in [6, 6.07) is 0.710. The van der Waals surface area contributed by atoms with Gasteiger partial charge in [0.25, 0.3) is 6.01 Å². The van der Waals surface area contributed by atoms with Crippen molar-refractivity contribution in [3.63, 3.8) is 0 Å². The summed E-state index contributed by atoms with van der Waals surface area (Å²) in [5.74, 6) is 1.14. The smallest absolute Gasteiger partial charge is 0.280 e. The molecule has 0 amide bonds. The van der Waals surface area contributed by atoms with Crippen molar-refractivity contribution >= 4 is 11.1 Å². The molecule has 0 saturated carbocycles. The normalized spacial score (nSPS) is 11.9. The third kappa shape index (κ3) is 1.79. The van der Waals surface area contributed by atoms with Crippen LogP contribution in [0.1, 0.15) is 51.0 Å². The molecule has 0 saturated heterocycles. The van der Waals surface area contributed by atoms with Gasteiger partial charge in [0, 0.05) is 12.0 Å². The maximum Gasteiger partial charge on any atom is 0.280 e. The Balaban J connectivity index is 2.73. The van der Waals surface area contributed by atoms with Gasteiger partial charge in [0.05, 0.1) is 5.69 Å². The molecule has 0 aliphatic rings. The van der Waals surface area contributed by atoms with Crippen molar-refractivity contribution in [1.82, 2.24) is 9.97 Å². The van der Waals surface area contributed by atoms with Crippen LogP contribution < -0.4 is 0 Å². The highest BCUT2D eigenvalue weighted by Crippen LogP contribution is 2.26. The van der Waals surface area contributed by atoms with E-state index in [1.165, 1.54) is 6.07 Å². The minimum Gasteiger partial charge on any atom is -0.427 e. The Morgan fingerprint density at radius 1 is 1.12 bits per heavy atom. The summed E-state index contributed by atoms with van der Waals surface area (Å²) in [5.41, 5.74) is 1.80. The van der Waals surface area contributed by atoms with E-state index in [0.29, 0.717) is 11.1 Å². The molecule has 86 valence electrons.